The number of aliphatic imine (C=N–C) groups is 1. The van der Waals surface area contributed by atoms with Crippen molar-refractivity contribution < 1.29 is 0 Å². The highest BCUT2D eigenvalue weighted by Gasteiger charge is 2.21. The molecule has 0 atom stereocenters. The second-order valence-corrected chi connectivity index (χ2v) is 6.05. The average Bonchev–Trinajstić information content (AvgIpc) is 2.98. The third kappa shape index (κ3) is 3.18. The van der Waals surface area contributed by atoms with Gasteiger partial charge in [0.05, 0.1) is 6.54 Å². The van der Waals surface area contributed by atoms with Crippen molar-refractivity contribution in [2.24, 2.45) is 4.99 Å². The number of halogens is 2. The van der Waals surface area contributed by atoms with E-state index in [1.807, 2.05) is 30.3 Å². The molecule has 0 saturated carbocycles. The van der Waals surface area contributed by atoms with E-state index >= 15 is 0 Å². The molecule has 22 heavy (non-hydrogen) atoms. The van der Waals surface area contributed by atoms with Crippen LogP contribution >= 0.6 is 23.2 Å². The zero-order valence-corrected chi connectivity index (χ0v) is 13.6. The van der Waals surface area contributed by atoms with Gasteiger partial charge in [-0.1, -0.05) is 66.2 Å². The number of amidine groups is 1. The highest BCUT2D eigenvalue weighted by Crippen LogP contribution is 2.25. The molecule has 0 aliphatic carbocycles. The first-order chi connectivity index (χ1) is 10.6. The van der Waals surface area contributed by atoms with Gasteiger partial charge in [0.2, 0.25) is 0 Å². The Kier molecular flexibility index (Phi) is 4.51. The van der Waals surface area contributed by atoms with Crippen LogP contribution in [0.25, 0.3) is 5.57 Å². The van der Waals surface area contributed by atoms with E-state index in [9.17, 15) is 0 Å². The van der Waals surface area contributed by atoms with E-state index in [2.05, 4.69) is 28.6 Å². The summed E-state index contributed by atoms with van der Waals surface area (Å²) < 4.78 is 0. The zero-order valence-electron chi connectivity index (χ0n) is 12.1. The molecule has 4 heteroatoms. The average molecular weight is 331 g/mol. The van der Waals surface area contributed by atoms with Crippen molar-refractivity contribution in [2.45, 2.75) is 6.54 Å². The summed E-state index contributed by atoms with van der Waals surface area (Å²) in [5.41, 5.74) is 3.08. The fourth-order valence-electron chi connectivity index (χ4n) is 2.55. The maximum atomic E-state index is 6.28. The largest absolute Gasteiger partial charge is 0.350 e. The first kappa shape index (κ1) is 15.1. The van der Waals surface area contributed by atoms with Gasteiger partial charge in [0.15, 0.2) is 0 Å². The van der Waals surface area contributed by atoms with Gasteiger partial charge < -0.3 is 4.90 Å². The van der Waals surface area contributed by atoms with Crippen LogP contribution < -0.4 is 0 Å². The summed E-state index contributed by atoms with van der Waals surface area (Å²) in [5.74, 6) is 0.942. The maximum Gasteiger partial charge on any atom is 0.131 e. The molecule has 112 valence electrons. The highest BCUT2D eigenvalue weighted by atomic mass is 35.5. The van der Waals surface area contributed by atoms with Crippen molar-refractivity contribution in [1.82, 2.24) is 4.90 Å². The van der Waals surface area contributed by atoms with Crippen molar-refractivity contribution in [2.75, 3.05) is 13.1 Å². The minimum Gasteiger partial charge on any atom is -0.350 e. The lowest BCUT2D eigenvalue weighted by Gasteiger charge is -2.22. The zero-order chi connectivity index (χ0) is 15.5. The third-order valence-electron chi connectivity index (χ3n) is 3.70. The van der Waals surface area contributed by atoms with E-state index in [0.717, 1.165) is 35.6 Å². The minimum absolute atomic E-state index is 0.651. The molecule has 0 unspecified atom stereocenters. The molecule has 2 nitrogen and oxygen atoms in total. The first-order valence-electron chi connectivity index (χ1n) is 7.13. The van der Waals surface area contributed by atoms with Crippen LogP contribution in [0.4, 0.5) is 0 Å². The number of rotatable bonds is 4. The molecule has 0 N–H and O–H groups in total. The van der Waals surface area contributed by atoms with Crippen molar-refractivity contribution in [3.05, 3.63) is 76.3 Å². The summed E-state index contributed by atoms with van der Waals surface area (Å²) in [6, 6.07) is 15.7. The molecule has 1 aliphatic heterocycles. The van der Waals surface area contributed by atoms with Crippen molar-refractivity contribution >= 4 is 34.6 Å². The molecule has 0 aromatic heterocycles. The van der Waals surface area contributed by atoms with Gasteiger partial charge in [0, 0.05) is 28.7 Å². The van der Waals surface area contributed by atoms with Gasteiger partial charge in [0.25, 0.3) is 0 Å². The lowest BCUT2D eigenvalue weighted by atomic mass is 10.1. The van der Waals surface area contributed by atoms with Gasteiger partial charge in [-0.2, -0.15) is 0 Å². The summed E-state index contributed by atoms with van der Waals surface area (Å²) in [5, 5.41) is 1.34. The lowest BCUT2D eigenvalue weighted by molar-refractivity contribution is 0.455. The summed E-state index contributed by atoms with van der Waals surface area (Å²) in [4.78, 5) is 6.82. The third-order valence-corrected chi connectivity index (χ3v) is 4.29. The Morgan fingerprint density at radius 3 is 2.64 bits per heavy atom. The molecular weight excluding hydrogens is 315 g/mol. The molecule has 0 saturated heterocycles. The van der Waals surface area contributed by atoms with Gasteiger partial charge in [0.1, 0.15) is 5.84 Å². The van der Waals surface area contributed by atoms with Gasteiger partial charge in [-0.15, -0.1) is 0 Å². The van der Waals surface area contributed by atoms with E-state index < -0.39 is 0 Å². The quantitative estimate of drug-likeness (QED) is 0.776. The van der Waals surface area contributed by atoms with Gasteiger partial charge >= 0.3 is 0 Å². The van der Waals surface area contributed by atoms with E-state index in [1.54, 1.807) is 6.07 Å². The van der Waals surface area contributed by atoms with Crippen molar-refractivity contribution in [1.29, 1.82) is 0 Å². The molecule has 0 amide bonds. The Labute approximate surface area is 140 Å². The number of nitrogens with zero attached hydrogens (tertiary/aromatic N) is 2. The van der Waals surface area contributed by atoms with E-state index in [0.29, 0.717) is 16.6 Å². The SMILES string of the molecule is C=C(C1=NCCN1Cc1ccc(Cl)cc1Cl)c1ccccc1. The molecule has 2 aromatic carbocycles. The summed E-state index contributed by atoms with van der Waals surface area (Å²) in [6.45, 7) is 6.58. The fourth-order valence-corrected chi connectivity index (χ4v) is 3.01. The standard InChI is InChI=1S/C18H16Cl2N2/c1-13(14-5-3-2-4-6-14)18-21-9-10-22(18)12-15-7-8-16(19)11-17(15)20/h2-8,11H,1,9-10,12H2. The lowest BCUT2D eigenvalue weighted by Crippen LogP contribution is -2.28. The van der Waals surface area contributed by atoms with Crippen LogP contribution in [0.3, 0.4) is 0 Å². The summed E-state index contributed by atoms with van der Waals surface area (Å²) in [7, 11) is 0. The van der Waals surface area contributed by atoms with Crippen LogP contribution in [0.2, 0.25) is 10.0 Å². The number of benzene rings is 2. The molecule has 3 rings (SSSR count). The smallest absolute Gasteiger partial charge is 0.131 e. The van der Waals surface area contributed by atoms with Crippen LogP contribution in [0.15, 0.2) is 60.1 Å². The first-order valence-corrected chi connectivity index (χ1v) is 7.89. The predicted octanol–water partition coefficient (Wildman–Crippen LogP) is 4.92. The summed E-state index contributed by atoms with van der Waals surface area (Å²) >= 11 is 12.2. The van der Waals surface area contributed by atoms with Gasteiger partial charge in [-0.05, 0) is 23.3 Å². The molecule has 1 heterocycles. The van der Waals surface area contributed by atoms with Crippen LogP contribution in [-0.2, 0) is 6.54 Å². The van der Waals surface area contributed by atoms with Gasteiger partial charge in [-0.25, -0.2) is 0 Å². The van der Waals surface area contributed by atoms with E-state index in [-0.39, 0.29) is 0 Å². The minimum atomic E-state index is 0.651. The van der Waals surface area contributed by atoms with E-state index in [4.69, 9.17) is 23.2 Å². The fraction of sp³-hybridized carbons (Fsp3) is 0.167. The van der Waals surface area contributed by atoms with Crippen molar-refractivity contribution in [3.63, 3.8) is 0 Å². The molecular formula is C18H16Cl2N2. The molecule has 0 fully saturated rings. The van der Waals surface area contributed by atoms with Crippen LogP contribution in [0.1, 0.15) is 11.1 Å². The second kappa shape index (κ2) is 6.55. The molecule has 1 aliphatic rings. The maximum absolute atomic E-state index is 6.28. The topological polar surface area (TPSA) is 15.6 Å². The molecule has 2 aromatic rings. The molecule has 0 bridgehead atoms. The second-order valence-electron chi connectivity index (χ2n) is 5.21. The Morgan fingerprint density at radius 1 is 1.14 bits per heavy atom. The van der Waals surface area contributed by atoms with Crippen LogP contribution in [0.5, 0.6) is 0 Å². The van der Waals surface area contributed by atoms with Gasteiger partial charge in [-0.3, -0.25) is 4.99 Å². The van der Waals surface area contributed by atoms with E-state index in [1.165, 1.54) is 0 Å². The van der Waals surface area contributed by atoms with Crippen LogP contribution in [0, 0.1) is 0 Å². The highest BCUT2D eigenvalue weighted by molar-refractivity contribution is 6.35. The predicted molar refractivity (Wildman–Crippen MR) is 94.7 cm³/mol. The summed E-state index contributed by atoms with van der Waals surface area (Å²) in [6.07, 6.45) is 0. The Bertz CT molecular complexity index is 723. The molecule has 0 spiro atoms. The van der Waals surface area contributed by atoms with Crippen molar-refractivity contribution in [3.8, 4) is 0 Å². The monoisotopic (exact) mass is 330 g/mol. The van der Waals surface area contributed by atoms with Crippen LogP contribution in [-0.4, -0.2) is 23.8 Å². The normalized spacial score (nSPS) is 14.1. The Balaban J connectivity index is 1.80. The number of hydrogen-bond acceptors (Lipinski definition) is 2. The Hall–Kier alpha value is -1.77. The number of hydrogen-bond donors (Lipinski definition) is 0. The molecule has 0 radical (unpaired) electrons. The Morgan fingerprint density at radius 2 is 1.91 bits per heavy atom.